The minimum Gasteiger partial charge on any atom is -0.376 e. The highest BCUT2D eigenvalue weighted by Crippen LogP contribution is 2.28. The van der Waals surface area contributed by atoms with Crippen LogP contribution < -0.4 is 5.32 Å². The van der Waals surface area contributed by atoms with E-state index in [0.29, 0.717) is 6.10 Å². The standard InChI is InChI=1S/C13H18ClNO/c1-2-15-13(12-7-4-8-16-12)10-5-3-6-11(14)9-10/h3,5-6,9,12-13,15H,2,4,7-8H2,1H3. The molecule has 0 aliphatic carbocycles. The highest BCUT2D eigenvalue weighted by Gasteiger charge is 2.26. The Morgan fingerprint density at radius 1 is 1.56 bits per heavy atom. The second kappa shape index (κ2) is 5.67. The van der Waals surface area contributed by atoms with E-state index in [2.05, 4.69) is 18.3 Å². The number of rotatable bonds is 4. The van der Waals surface area contributed by atoms with Gasteiger partial charge in [0.15, 0.2) is 0 Å². The molecule has 1 aromatic rings. The van der Waals surface area contributed by atoms with Gasteiger partial charge in [0, 0.05) is 11.6 Å². The highest BCUT2D eigenvalue weighted by atomic mass is 35.5. The molecule has 1 N–H and O–H groups in total. The van der Waals surface area contributed by atoms with Gasteiger partial charge in [0.1, 0.15) is 0 Å². The molecule has 0 aromatic heterocycles. The zero-order chi connectivity index (χ0) is 11.4. The maximum atomic E-state index is 6.03. The van der Waals surface area contributed by atoms with Crippen LogP contribution in [0.25, 0.3) is 0 Å². The predicted molar refractivity (Wildman–Crippen MR) is 66.8 cm³/mol. The summed E-state index contributed by atoms with van der Waals surface area (Å²) in [6.45, 7) is 3.94. The van der Waals surface area contributed by atoms with Crippen molar-refractivity contribution in [3.8, 4) is 0 Å². The summed E-state index contributed by atoms with van der Waals surface area (Å²) in [5.74, 6) is 0. The van der Waals surface area contributed by atoms with Crippen molar-refractivity contribution in [1.82, 2.24) is 5.32 Å². The Hall–Kier alpha value is -0.570. The van der Waals surface area contributed by atoms with Crippen LogP contribution in [0.2, 0.25) is 5.02 Å². The first-order valence-corrected chi connectivity index (χ1v) is 6.29. The molecule has 0 saturated carbocycles. The Balaban J connectivity index is 2.17. The summed E-state index contributed by atoms with van der Waals surface area (Å²) < 4.78 is 5.76. The number of hydrogen-bond acceptors (Lipinski definition) is 2. The lowest BCUT2D eigenvalue weighted by molar-refractivity contribution is 0.0788. The molecular weight excluding hydrogens is 222 g/mol. The number of halogens is 1. The van der Waals surface area contributed by atoms with E-state index in [0.717, 1.165) is 31.0 Å². The molecule has 2 atom stereocenters. The maximum Gasteiger partial charge on any atom is 0.0770 e. The number of benzene rings is 1. The lowest BCUT2D eigenvalue weighted by Gasteiger charge is -2.24. The summed E-state index contributed by atoms with van der Waals surface area (Å²) >= 11 is 6.03. The van der Waals surface area contributed by atoms with Crippen LogP contribution in [0.15, 0.2) is 24.3 Å². The van der Waals surface area contributed by atoms with Gasteiger partial charge in [-0.25, -0.2) is 0 Å². The van der Waals surface area contributed by atoms with Gasteiger partial charge in [-0.05, 0) is 37.1 Å². The van der Waals surface area contributed by atoms with Gasteiger partial charge < -0.3 is 10.1 Å². The Morgan fingerprint density at radius 3 is 3.06 bits per heavy atom. The number of ether oxygens (including phenoxy) is 1. The quantitative estimate of drug-likeness (QED) is 0.872. The molecular formula is C13H18ClNO. The molecule has 0 bridgehead atoms. The lowest BCUT2D eigenvalue weighted by atomic mass is 9.99. The Labute approximate surface area is 102 Å². The van der Waals surface area contributed by atoms with Crippen LogP contribution in [0.3, 0.4) is 0 Å². The van der Waals surface area contributed by atoms with Gasteiger partial charge in [-0.3, -0.25) is 0 Å². The van der Waals surface area contributed by atoms with Crippen molar-refractivity contribution in [2.45, 2.75) is 31.9 Å². The third kappa shape index (κ3) is 2.76. The molecule has 0 amide bonds. The number of likely N-dealkylation sites (N-methyl/N-ethyl adjacent to an activating group) is 1. The summed E-state index contributed by atoms with van der Waals surface area (Å²) in [6.07, 6.45) is 2.58. The molecule has 2 nitrogen and oxygen atoms in total. The summed E-state index contributed by atoms with van der Waals surface area (Å²) in [7, 11) is 0. The zero-order valence-electron chi connectivity index (χ0n) is 9.58. The molecule has 1 aromatic carbocycles. The fraction of sp³-hybridized carbons (Fsp3) is 0.538. The van der Waals surface area contributed by atoms with Crippen molar-refractivity contribution in [1.29, 1.82) is 0 Å². The molecule has 0 spiro atoms. The zero-order valence-corrected chi connectivity index (χ0v) is 10.3. The maximum absolute atomic E-state index is 6.03. The van der Waals surface area contributed by atoms with Crippen LogP contribution in [0.5, 0.6) is 0 Å². The van der Waals surface area contributed by atoms with Gasteiger partial charge in [0.05, 0.1) is 12.1 Å². The topological polar surface area (TPSA) is 21.3 Å². The van der Waals surface area contributed by atoms with Gasteiger partial charge in [-0.2, -0.15) is 0 Å². The fourth-order valence-corrected chi connectivity index (χ4v) is 2.45. The van der Waals surface area contributed by atoms with Crippen LogP contribution in [0.1, 0.15) is 31.4 Å². The second-order valence-corrected chi connectivity index (χ2v) is 4.58. The van der Waals surface area contributed by atoms with E-state index < -0.39 is 0 Å². The monoisotopic (exact) mass is 239 g/mol. The third-order valence-corrected chi connectivity index (χ3v) is 3.20. The number of nitrogens with one attached hydrogen (secondary N) is 1. The van der Waals surface area contributed by atoms with E-state index in [1.165, 1.54) is 5.56 Å². The first-order valence-electron chi connectivity index (χ1n) is 5.91. The van der Waals surface area contributed by atoms with Crippen LogP contribution in [-0.2, 0) is 4.74 Å². The van der Waals surface area contributed by atoms with E-state index in [1.807, 2.05) is 18.2 Å². The molecule has 16 heavy (non-hydrogen) atoms. The first kappa shape index (κ1) is 11.9. The van der Waals surface area contributed by atoms with Crippen molar-refractivity contribution >= 4 is 11.6 Å². The fourth-order valence-electron chi connectivity index (χ4n) is 2.25. The second-order valence-electron chi connectivity index (χ2n) is 4.14. The Morgan fingerprint density at radius 2 is 2.44 bits per heavy atom. The molecule has 1 saturated heterocycles. The van der Waals surface area contributed by atoms with E-state index in [1.54, 1.807) is 0 Å². The van der Waals surface area contributed by atoms with Crippen LogP contribution in [0.4, 0.5) is 0 Å². The predicted octanol–water partition coefficient (Wildman–Crippen LogP) is 3.17. The Bertz CT molecular complexity index is 336. The minimum absolute atomic E-state index is 0.270. The Kier molecular flexibility index (Phi) is 4.22. The number of hydrogen-bond donors (Lipinski definition) is 1. The summed E-state index contributed by atoms with van der Waals surface area (Å²) in [5, 5.41) is 4.27. The van der Waals surface area contributed by atoms with E-state index in [4.69, 9.17) is 16.3 Å². The van der Waals surface area contributed by atoms with Crippen molar-refractivity contribution < 1.29 is 4.74 Å². The van der Waals surface area contributed by atoms with Crippen molar-refractivity contribution in [2.75, 3.05) is 13.2 Å². The first-order chi connectivity index (χ1) is 7.81. The lowest BCUT2D eigenvalue weighted by Crippen LogP contribution is -2.31. The normalized spacial score (nSPS) is 22.2. The van der Waals surface area contributed by atoms with Crippen LogP contribution in [0, 0.1) is 0 Å². The minimum atomic E-state index is 0.270. The van der Waals surface area contributed by atoms with Crippen LogP contribution in [-0.4, -0.2) is 19.3 Å². The SMILES string of the molecule is CCNC(c1cccc(Cl)c1)C1CCCO1. The molecule has 2 rings (SSSR count). The van der Waals surface area contributed by atoms with Gasteiger partial charge >= 0.3 is 0 Å². The van der Waals surface area contributed by atoms with Gasteiger partial charge in [-0.15, -0.1) is 0 Å². The van der Waals surface area contributed by atoms with Crippen molar-refractivity contribution in [3.05, 3.63) is 34.9 Å². The summed E-state index contributed by atoms with van der Waals surface area (Å²) in [4.78, 5) is 0. The van der Waals surface area contributed by atoms with Gasteiger partial charge in [-0.1, -0.05) is 30.7 Å². The van der Waals surface area contributed by atoms with Crippen molar-refractivity contribution in [3.63, 3.8) is 0 Å². The molecule has 1 aliphatic heterocycles. The highest BCUT2D eigenvalue weighted by molar-refractivity contribution is 6.30. The van der Waals surface area contributed by atoms with E-state index >= 15 is 0 Å². The molecule has 0 radical (unpaired) electrons. The smallest absolute Gasteiger partial charge is 0.0770 e. The summed E-state index contributed by atoms with van der Waals surface area (Å²) in [6, 6.07) is 8.31. The average molecular weight is 240 g/mol. The van der Waals surface area contributed by atoms with Gasteiger partial charge in [0.25, 0.3) is 0 Å². The molecule has 1 aliphatic rings. The van der Waals surface area contributed by atoms with E-state index in [-0.39, 0.29) is 6.04 Å². The molecule has 1 heterocycles. The molecule has 3 heteroatoms. The molecule has 1 fully saturated rings. The summed E-state index contributed by atoms with van der Waals surface area (Å²) in [5.41, 5.74) is 1.22. The molecule has 88 valence electrons. The average Bonchev–Trinajstić information content (AvgIpc) is 2.79. The van der Waals surface area contributed by atoms with Crippen molar-refractivity contribution in [2.24, 2.45) is 0 Å². The molecule has 2 unspecified atom stereocenters. The largest absolute Gasteiger partial charge is 0.376 e. The third-order valence-electron chi connectivity index (χ3n) is 2.97. The van der Waals surface area contributed by atoms with E-state index in [9.17, 15) is 0 Å². The van der Waals surface area contributed by atoms with Gasteiger partial charge in [0.2, 0.25) is 0 Å². The van der Waals surface area contributed by atoms with Crippen LogP contribution >= 0.6 is 11.6 Å².